The van der Waals surface area contributed by atoms with E-state index in [2.05, 4.69) is 4.98 Å². The predicted molar refractivity (Wildman–Crippen MR) is 59.7 cm³/mol. The minimum Gasteiger partial charge on any atom is -0.262 e. The fourth-order valence-electron chi connectivity index (χ4n) is 1.27. The van der Waals surface area contributed by atoms with Gasteiger partial charge < -0.3 is 0 Å². The lowest BCUT2D eigenvalue weighted by atomic mass is 10.1. The van der Waals surface area contributed by atoms with Crippen LogP contribution >= 0.6 is 23.2 Å². The maximum atomic E-state index is 13.4. The second-order valence-electron chi connectivity index (χ2n) is 2.98. The monoisotopic (exact) mass is 241 g/mol. The Morgan fingerprint density at radius 2 is 1.87 bits per heavy atom. The van der Waals surface area contributed by atoms with Gasteiger partial charge in [-0.15, -0.1) is 0 Å². The molecule has 4 heteroatoms. The molecule has 0 saturated carbocycles. The van der Waals surface area contributed by atoms with Crippen molar-refractivity contribution in [2.75, 3.05) is 0 Å². The standard InChI is InChI=1S/C11H6Cl2FN/c12-9-2-1-7(5-10(9)13)8-3-4-15-6-11(8)14/h1-6H. The van der Waals surface area contributed by atoms with Gasteiger partial charge in [-0.25, -0.2) is 4.39 Å². The highest BCUT2D eigenvalue weighted by molar-refractivity contribution is 6.42. The summed E-state index contributed by atoms with van der Waals surface area (Å²) in [6.07, 6.45) is 2.69. The van der Waals surface area contributed by atoms with Gasteiger partial charge in [-0.3, -0.25) is 4.98 Å². The third kappa shape index (κ3) is 2.11. The highest BCUT2D eigenvalue weighted by Crippen LogP contribution is 2.29. The highest BCUT2D eigenvalue weighted by atomic mass is 35.5. The molecule has 1 aromatic carbocycles. The average Bonchev–Trinajstić information content (AvgIpc) is 2.23. The summed E-state index contributed by atoms with van der Waals surface area (Å²) in [7, 11) is 0. The lowest BCUT2D eigenvalue weighted by Gasteiger charge is -2.03. The van der Waals surface area contributed by atoms with Crippen LogP contribution in [0.2, 0.25) is 10.0 Å². The van der Waals surface area contributed by atoms with Crippen molar-refractivity contribution in [3.63, 3.8) is 0 Å². The van der Waals surface area contributed by atoms with Gasteiger partial charge in [0, 0.05) is 11.8 Å². The van der Waals surface area contributed by atoms with E-state index in [0.29, 0.717) is 21.2 Å². The quantitative estimate of drug-likeness (QED) is 0.730. The zero-order valence-corrected chi connectivity index (χ0v) is 9.06. The van der Waals surface area contributed by atoms with E-state index >= 15 is 0 Å². The van der Waals surface area contributed by atoms with E-state index in [9.17, 15) is 4.39 Å². The lowest BCUT2D eigenvalue weighted by molar-refractivity contribution is 0.625. The molecule has 0 spiro atoms. The van der Waals surface area contributed by atoms with Crippen molar-refractivity contribution in [1.82, 2.24) is 4.98 Å². The van der Waals surface area contributed by atoms with E-state index in [-0.39, 0.29) is 5.82 Å². The van der Waals surface area contributed by atoms with Crippen LogP contribution in [0.25, 0.3) is 11.1 Å². The first kappa shape index (κ1) is 10.4. The number of rotatable bonds is 1. The molecular weight excluding hydrogens is 236 g/mol. The van der Waals surface area contributed by atoms with Crippen LogP contribution in [0.3, 0.4) is 0 Å². The minimum atomic E-state index is -0.379. The van der Waals surface area contributed by atoms with Crippen molar-refractivity contribution >= 4 is 23.2 Å². The van der Waals surface area contributed by atoms with Crippen molar-refractivity contribution in [2.24, 2.45) is 0 Å². The Kier molecular flexibility index (Phi) is 2.89. The molecule has 0 aliphatic carbocycles. The van der Waals surface area contributed by atoms with Crippen LogP contribution in [0.15, 0.2) is 36.7 Å². The summed E-state index contributed by atoms with van der Waals surface area (Å²) < 4.78 is 13.4. The van der Waals surface area contributed by atoms with Crippen LogP contribution in [0.4, 0.5) is 4.39 Å². The molecule has 1 aromatic heterocycles. The van der Waals surface area contributed by atoms with Gasteiger partial charge >= 0.3 is 0 Å². The maximum Gasteiger partial charge on any atom is 0.149 e. The van der Waals surface area contributed by atoms with Crippen LogP contribution in [-0.2, 0) is 0 Å². The second-order valence-corrected chi connectivity index (χ2v) is 3.80. The van der Waals surface area contributed by atoms with Gasteiger partial charge in [-0.1, -0.05) is 29.3 Å². The van der Waals surface area contributed by atoms with Gasteiger partial charge in [0.05, 0.1) is 16.2 Å². The molecular formula is C11H6Cl2FN. The summed E-state index contributed by atoms with van der Waals surface area (Å²) in [4.78, 5) is 3.68. The molecule has 1 nitrogen and oxygen atoms in total. The lowest BCUT2D eigenvalue weighted by Crippen LogP contribution is -1.85. The Morgan fingerprint density at radius 3 is 2.53 bits per heavy atom. The third-order valence-electron chi connectivity index (χ3n) is 2.00. The van der Waals surface area contributed by atoms with Gasteiger partial charge in [0.1, 0.15) is 5.82 Å². The van der Waals surface area contributed by atoms with Crippen molar-refractivity contribution in [2.45, 2.75) is 0 Å². The van der Waals surface area contributed by atoms with Gasteiger partial charge in [-0.2, -0.15) is 0 Å². The van der Waals surface area contributed by atoms with Crippen LogP contribution in [-0.4, -0.2) is 4.98 Å². The summed E-state index contributed by atoms with van der Waals surface area (Å²) in [5.74, 6) is -0.379. The topological polar surface area (TPSA) is 12.9 Å². The predicted octanol–water partition coefficient (Wildman–Crippen LogP) is 4.19. The molecule has 2 rings (SSSR count). The highest BCUT2D eigenvalue weighted by Gasteiger charge is 2.06. The summed E-state index contributed by atoms with van der Waals surface area (Å²) >= 11 is 11.6. The number of aromatic nitrogens is 1. The molecule has 0 unspecified atom stereocenters. The zero-order valence-electron chi connectivity index (χ0n) is 7.55. The molecule has 0 amide bonds. The molecule has 0 aliphatic heterocycles. The normalized spacial score (nSPS) is 10.3. The number of hydrogen-bond donors (Lipinski definition) is 0. The minimum absolute atomic E-state index is 0.379. The van der Waals surface area contributed by atoms with E-state index < -0.39 is 0 Å². The van der Waals surface area contributed by atoms with E-state index in [4.69, 9.17) is 23.2 Å². The van der Waals surface area contributed by atoms with E-state index in [0.717, 1.165) is 6.20 Å². The van der Waals surface area contributed by atoms with Gasteiger partial charge in [0.2, 0.25) is 0 Å². The SMILES string of the molecule is Fc1cnccc1-c1ccc(Cl)c(Cl)c1. The molecule has 1 heterocycles. The number of halogens is 3. The summed E-state index contributed by atoms with van der Waals surface area (Å²) in [6, 6.07) is 6.57. The molecule has 76 valence electrons. The smallest absolute Gasteiger partial charge is 0.149 e. The first-order valence-corrected chi connectivity index (χ1v) is 4.99. The van der Waals surface area contributed by atoms with Crippen LogP contribution in [0.5, 0.6) is 0 Å². The number of pyridine rings is 1. The Labute approximate surface area is 96.5 Å². The van der Waals surface area contributed by atoms with Crippen molar-refractivity contribution in [3.8, 4) is 11.1 Å². The van der Waals surface area contributed by atoms with Crippen molar-refractivity contribution in [3.05, 3.63) is 52.5 Å². The van der Waals surface area contributed by atoms with Crippen molar-refractivity contribution < 1.29 is 4.39 Å². The first-order chi connectivity index (χ1) is 7.18. The van der Waals surface area contributed by atoms with Crippen LogP contribution < -0.4 is 0 Å². The molecule has 15 heavy (non-hydrogen) atoms. The number of benzene rings is 1. The van der Waals surface area contributed by atoms with E-state index in [1.165, 1.54) is 6.20 Å². The summed E-state index contributed by atoms with van der Waals surface area (Å²) in [5, 5.41) is 0.861. The third-order valence-corrected chi connectivity index (χ3v) is 2.74. The Balaban J connectivity index is 2.55. The maximum absolute atomic E-state index is 13.4. The largest absolute Gasteiger partial charge is 0.262 e. The molecule has 2 aromatic rings. The molecule has 0 atom stereocenters. The van der Waals surface area contributed by atoms with E-state index in [1.807, 2.05) is 0 Å². The summed E-state index contributed by atoms with van der Waals surface area (Å²) in [5.41, 5.74) is 1.15. The number of hydrogen-bond acceptors (Lipinski definition) is 1. The Bertz CT molecular complexity index is 500. The summed E-state index contributed by atoms with van der Waals surface area (Å²) in [6.45, 7) is 0. The first-order valence-electron chi connectivity index (χ1n) is 4.23. The average molecular weight is 242 g/mol. The fourth-order valence-corrected chi connectivity index (χ4v) is 1.57. The van der Waals surface area contributed by atoms with Gasteiger partial charge in [-0.05, 0) is 23.8 Å². The zero-order chi connectivity index (χ0) is 10.8. The molecule has 0 bridgehead atoms. The number of nitrogens with zero attached hydrogens (tertiary/aromatic N) is 1. The van der Waals surface area contributed by atoms with E-state index in [1.54, 1.807) is 24.3 Å². The van der Waals surface area contributed by atoms with Crippen LogP contribution in [0.1, 0.15) is 0 Å². The molecule has 0 saturated heterocycles. The molecule has 0 N–H and O–H groups in total. The Hall–Kier alpha value is -1.12. The Morgan fingerprint density at radius 1 is 1.07 bits per heavy atom. The molecule has 0 radical (unpaired) electrons. The van der Waals surface area contributed by atoms with Gasteiger partial charge in [0.25, 0.3) is 0 Å². The molecule has 0 fully saturated rings. The van der Waals surface area contributed by atoms with Crippen molar-refractivity contribution in [1.29, 1.82) is 0 Å². The fraction of sp³-hybridized carbons (Fsp3) is 0. The molecule has 0 aliphatic rings. The van der Waals surface area contributed by atoms with Crippen LogP contribution in [0, 0.1) is 5.82 Å². The van der Waals surface area contributed by atoms with Gasteiger partial charge in [0.15, 0.2) is 0 Å². The second kappa shape index (κ2) is 4.17.